The number of hydrogen-bond donors (Lipinski definition) is 4. The van der Waals surface area contributed by atoms with Gasteiger partial charge in [-0.1, -0.05) is 49.2 Å². The molecule has 0 aliphatic carbocycles. The van der Waals surface area contributed by atoms with Crippen LogP contribution in [-0.4, -0.2) is 20.4 Å². The average Bonchev–Trinajstić information content (AvgIpc) is 2.52. The summed E-state index contributed by atoms with van der Waals surface area (Å²) in [5.74, 6) is -0.0228. The molecule has 0 saturated carbocycles. The summed E-state index contributed by atoms with van der Waals surface area (Å²) in [7, 11) is 0. The summed E-state index contributed by atoms with van der Waals surface area (Å²) in [5, 5.41) is 40.2. The second kappa shape index (κ2) is 7.24. The summed E-state index contributed by atoms with van der Waals surface area (Å²) in [5.41, 5.74) is 4.19. The summed E-state index contributed by atoms with van der Waals surface area (Å²) in [6, 6.07) is 7.29. The first kappa shape index (κ1) is 18.3. The van der Waals surface area contributed by atoms with E-state index in [2.05, 4.69) is 0 Å². The molecule has 0 unspecified atom stereocenters. The van der Waals surface area contributed by atoms with Crippen LogP contribution < -0.4 is 0 Å². The van der Waals surface area contributed by atoms with Crippen LogP contribution in [0.2, 0.25) is 0 Å². The maximum absolute atomic E-state index is 10.6. The van der Waals surface area contributed by atoms with Gasteiger partial charge in [-0.05, 0) is 19.8 Å². The third-order valence-corrected chi connectivity index (χ3v) is 4.40. The number of hydrogen-bond acceptors (Lipinski definition) is 4. The Balaban J connectivity index is 2.73. The minimum atomic E-state index is -0.250. The zero-order valence-electron chi connectivity index (χ0n) is 14.7. The zero-order valence-corrected chi connectivity index (χ0v) is 14.7. The molecular weight excluding hydrogens is 304 g/mol. The maximum atomic E-state index is 10.6. The van der Waals surface area contributed by atoms with Crippen LogP contribution in [0.4, 0.5) is 0 Å². The van der Waals surface area contributed by atoms with Gasteiger partial charge in [-0.3, -0.25) is 0 Å². The highest BCUT2D eigenvalue weighted by Gasteiger charge is 2.26. The van der Waals surface area contributed by atoms with Crippen molar-refractivity contribution in [1.82, 2.24) is 0 Å². The van der Waals surface area contributed by atoms with Gasteiger partial charge < -0.3 is 20.4 Å². The molecular formula is C20H26O4. The number of phenols is 2. The van der Waals surface area contributed by atoms with Crippen LogP contribution in [0.25, 0.3) is 0 Å². The molecule has 2 rings (SSSR count). The number of aliphatic hydroxyl groups is 2. The Hall–Kier alpha value is -2.04. The van der Waals surface area contributed by atoms with Crippen molar-refractivity contribution in [2.45, 2.75) is 46.8 Å². The van der Waals surface area contributed by atoms with Gasteiger partial charge in [0.05, 0.1) is 13.2 Å². The second-order valence-corrected chi connectivity index (χ2v) is 6.76. The maximum Gasteiger partial charge on any atom is 0.124 e. The number of aromatic hydroxyl groups is 2. The molecule has 24 heavy (non-hydrogen) atoms. The molecule has 4 nitrogen and oxygen atoms in total. The van der Waals surface area contributed by atoms with Crippen LogP contribution in [0.15, 0.2) is 24.3 Å². The molecule has 2 aromatic rings. The summed E-state index contributed by atoms with van der Waals surface area (Å²) in [6.07, 6.45) is 0. The van der Waals surface area contributed by atoms with Gasteiger partial charge in [-0.15, -0.1) is 0 Å². The van der Waals surface area contributed by atoms with Crippen LogP contribution in [0.3, 0.4) is 0 Å². The van der Waals surface area contributed by atoms with Crippen LogP contribution in [0.1, 0.15) is 53.1 Å². The first-order valence-corrected chi connectivity index (χ1v) is 8.16. The summed E-state index contributed by atoms with van der Waals surface area (Å²) in [6.45, 7) is 7.38. The minimum Gasteiger partial charge on any atom is -0.507 e. The van der Waals surface area contributed by atoms with Crippen LogP contribution in [0.5, 0.6) is 11.5 Å². The van der Waals surface area contributed by atoms with Crippen molar-refractivity contribution >= 4 is 0 Å². The highest BCUT2D eigenvalue weighted by atomic mass is 16.3. The van der Waals surface area contributed by atoms with Gasteiger partial charge in [-0.2, -0.15) is 0 Å². The minimum absolute atomic E-state index is 0.0632. The fourth-order valence-electron chi connectivity index (χ4n) is 3.37. The Morgan fingerprint density at radius 3 is 1.42 bits per heavy atom. The number of aliphatic hydroxyl groups excluding tert-OH is 2. The third kappa shape index (κ3) is 3.40. The predicted molar refractivity (Wildman–Crippen MR) is 94.2 cm³/mol. The van der Waals surface area contributed by atoms with Crippen molar-refractivity contribution < 1.29 is 20.4 Å². The molecule has 4 heteroatoms. The number of rotatable bonds is 5. The van der Waals surface area contributed by atoms with Crippen molar-refractivity contribution in [3.8, 4) is 11.5 Å². The lowest BCUT2D eigenvalue weighted by molar-refractivity contribution is 0.274. The van der Waals surface area contributed by atoms with Crippen molar-refractivity contribution in [2.24, 2.45) is 5.92 Å². The van der Waals surface area contributed by atoms with E-state index >= 15 is 0 Å². The van der Waals surface area contributed by atoms with Crippen LogP contribution >= 0.6 is 0 Å². The van der Waals surface area contributed by atoms with Gasteiger partial charge in [0.1, 0.15) is 11.5 Å². The molecule has 0 heterocycles. The van der Waals surface area contributed by atoms with Gasteiger partial charge in [0, 0.05) is 28.2 Å². The summed E-state index contributed by atoms with van der Waals surface area (Å²) < 4.78 is 0. The monoisotopic (exact) mass is 330 g/mol. The third-order valence-electron chi connectivity index (χ3n) is 4.40. The summed E-state index contributed by atoms with van der Waals surface area (Å²) in [4.78, 5) is 0. The molecule has 0 fully saturated rings. The van der Waals surface area contributed by atoms with Crippen LogP contribution in [0, 0.1) is 19.8 Å². The van der Waals surface area contributed by atoms with Crippen molar-refractivity contribution in [1.29, 1.82) is 0 Å². The van der Waals surface area contributed by atoms with Gasteiger partial charge in [0.2, 0.25) is 0 Å². The molecule has 0 saturated heterocycles. The Bertz CT molecular complexity index is 675. The van der Waals surface area contributed by atoms with E-state index in [1.54, 1.807) is 12.1 Å². The molecule has 0 radical (unpaired) electrons. The van der Waals surface area contributed by atoms with E-state index in [1.165, 1.54) is 0 Å². The van der Waals surface area contributed by atoms with Gasteiger partial charge in [0.15, 0.2) is 0 Å². The second-order valence-electron chi connectivity index (χ2n) is 6.76. The molecule has 0 aliphatic heterocycles. The molecule has 0 bridgehead atoms. The lowest BCUT2D eigenvalue weighted by atomic mass is 9.79. The van der Waals surface area contributed by atoms with Crippen LogP contribution in [-0.2, 0) is 13.2 Å². The summed E-state index contributed by atoms with van der Waals surface area (Å²) >= 11 is 0. The Morgan fingerprint density at radius 2 is 1.12 bits per heavy atom. The predicted octanol–water partition coefficient (Wildman–Crippen LogP) is 3.49. The van der Waals surface area contributed by atoms with E-state index in [9.17, 15) is 20.4 Å². The van der Waals surface area contributed by atoms with E-state index in [-0.39, 0.29) is 36.5 Å². The zero-order chi connectivity index (χ0) is 18.0. The average molecular weight is 330 g/mol. The molecule has 0 amide bonds. The van der Waals surface area contributed by atoms with E-state index in [0.29, 0.717) is 22.3 Å². The Kier molecular flexibility index (Phi) is 5.52. The van der Waals surface area contributed by atoms with E-state index in [0.717, 1.165) is 11.1 Å². The first-order valence-electron chi connectivity index (χ1n) is 8.16. The van der Waals surface area contributed by atoms with Crippen molar-refractivity contribution in [3.05, 3.63) is 57.6 Å². The fraction of sp³-hybridized carbons (Fsp3) is 0.400. The molecule has 0 spiro atoms. The normalized spacial score (nSPS) is 11.5. The first-order chi connectivity index (χ1) is 11.3. The van der Waals surface area contributed by atoms with Gasteiger partial charge in [0.25, 0.3) is 0 Å². The Labute approximate surface area is 143 Å². The van der Waals surface area contributed by atoms with E-state index in [4.69, 9.17) is 0 Å². The standard InChI is InChI=1S/C20H26O4/c1-11(2)18(16-7-12(3)5-14(9-21)19(16)23)17-8-13(4)6-15(10-22)20(17)24/h5-8,11,18,21-24H,9-10H2,1-4H3. The highest BCUT2D eigenvalue weighted by Crippen LogP contribution is 2.43. The smallest absolute Gasteiger partial charge is 0.124 e. The molecule has 0 aromatic heterocycles. The SMILES string of the molecule is Cc1cc(CO)c(O)c(C(c2cc(C)cc(CO)c2O)C(C)C)c1. The lowest BCUT2D eigenvalue weighted by Crippen LogP contribution is -2.11. The molecule has 0 atom stereocenters. The highest BCUT2D eigenvalue weighted by molar-refractivity contribution is 5.54. The fourth-order valence-corrected chi connectivity index (χ4v) is 3.37. The van der Waals surface area contributed by atoms with Gasteiger partial charge >= 0.3 is 0 Å². The van der Waals surface area contributed by atoms with Gasteiger partial charge in [-0.25, -0.2) is 0 Å². The molecule has 130 valence electrons. The van der Waals surface area contributed by atoms with E-state index < -0.39 is 0 Å². The Morgan fingerprint density at radius 1 is 0.750 bits per heavy atom. The lowest BCUT2D eigenvalue weighted by Gasteiger charge is -2.26. The van der Waals surface area contributed by atoms with E-state index in [1.807, 2.05) is 39.8 Å². The molecule has 4 N–H and O–H groups in total. The quantitative estimate of drug-likeness (QED) is 0.676. The number of aryl methyl sites for hydroxylation is 2. The van der Waals surface area contributed by atoms with Crippen molar-refractivity contribution in [2.75, 3.05) is 0 Å². The molecule has 0 aliphatic rings. The van der Waals surface area contributed by atoms with Crippen molar-refractivity contribution in [3.63, 3.8) is 0 Å². The largest absolute Gasteiger partial charge is 0.507 e. The number of benzene rings is 2. The molecule has 2 aromatic carbocycles. The topological polar surface area (TPSA) is 80.9 Å².